The fraction of sp³-hybridized carbons (Fsp3) is 0.400. The number of nitrogens with zero attached hydrogens (tertiary/aromatic N) is 1. The molecular weight excluding hydrogens is 311 g/mol. The minimum atomic E-state index is -1.03. The standard InChI is InChI=1S/C10H10BrClN2O3/c11-7-3-6(4-13-8(7)12)17-5-10(1-2-10)14-9(15)16/h3-4,14H,1-2,5H2,(H,15,16). The summed E-state index contributed by atoms with van der Waals surface area (Å²) in [5.74, 6) is 0.555. The van der Waals surface area contributed by atoms with E-state index < -0.39 is 11.6 Å². The summed E-state index contributed by atoms with van der Waals surface area (Å²) in [6.45, 7) is 0.301. The quantitative estimate of drug-likeness (QED) is 0.836. The maximum atomic E-state index is 10.6. The van der Waals surface area contributed by atoms with E-state index in [-0.39, 0.29) is 0 Å². The number of aromatic nitrogens is 1. The first-order chi connectivity index (χ1) is 8.01. The van der Waals surface area contributed by atoms with E-state index in [1.165, 1.54) is 6.20 Å². The van der Waals surface area contributed by atoms with Gasteiger partial charge in [0.25, 0.3) is 0 Å². The molecule has 7 heteroatoms. The second-order valence-electron chi connectivity index (χ2n) is 3.94. The van der Waals surface area contributed by atoms with Gasteiger partial charge in [0.2, 0.25) is 0 Å². The average molecular weight is 322 g/mol. The Morgan fingerprint density at radius 2 is 2.41 bits per heavy atom. The first-order valence-corrected chi connectivity index (χ1v) is 6.13. The lowest BCUT2D eigenvalue weighted by Crippen LogP contribution is -2.40. The zero-order valence-corrected chi connectivity index (χ0v) is 11.1. The summed E-state index contributed by atoms with van der Waals surface area (Å²) < 4.78 is 6.14. The fourth-order valence-electron chi connectivity index (χ4n) is 1.39. The van der Waals surface area contributed by atoms with Crippen molar-refractivity contribution in [2.24, 2.45) is 0 Å². The number of pyridine rings is 1. The minimum Gasteiger partial charge on any atom is -0.489 e. The molecule has 1 aliphatic rings. The van der Waals surface area contributed by atoms with Gasteiger partial charge in [0.1, 0.15) is 17.5 Å². The van der Waals surface area contributed by atoms with Crippen LogP contribution in [0.15, 0.2) is 16.7 Å². The highest BCUT2D eigenvalue weighted by Gasteiger charge is 2.45. The van der Waals surface area contributed by atoms with Gasteiger partial charge in [-0.3, -0.25) is 0 Å². The maximum absolute atomic E-state index is 10.6. The minimum absolute atomic E-state index is 0.301. The van der Waals surface area contributed by atoms with Crippen molar-refractivity contribution < 1.29 is 14.6 Å². The van der Waals surface area contributed by atoms with E-state index in [4.69, 9.17) is 21.4 Å². The third-order valence-corrected chi connectivity index (χ3v) is 3.65. The highest BCUT2D eigenvalue weighted by Crippen LogP contribution is 2.36. The molecule has 1 aliphatic carbocycles. The van der Waals surface area contributed by atoms with Crippen molar-refractivity contribution in [3.05, 3.63) is 21.9 Å². The van der Waals surface area contributed by atoms with Gasteiger partial charge in [0.15, 0.2) is 0 Å². The van der Waals surface area contributed by atoms with Crippen LogP contribution in [0.4, 0.5) is 4.79 Å². The Bertz CT molecular complexity index is 451. The summed E-state index contributed by atoms with van der Waals surface area (Å²) in [4.78, 5) is 14.5. The molecule has 0 radical (unpaired) electrons. The van der Waals surface area contributed by atoms with Crippen LogP contribution in [0, 0.1) is 0 Å². The molecule has 1 fully saturated rings. The zero-order chi connectivity index (χ0) is 12.5. The number of nitrogens with one attached hydrogen (secondary N) is 1. The van der Waals surface area contributed by atoms with E-state index in [0.717, 1.165) is 12.8 Å². The lowest BCUT2D eigenvalue weighted by Gasteiger charge is -2.16. The van der Waals surface area contributed by atoms with Crippen molar-refractivity contribution in [3.63, 3.8) is 0 Å². The molecule has 0 atom stereocenters. The predicted octanol–water partition coefficient (Wildman–Crippen LogP) is 2.68. The first-order valence-electron chi connectivity index (χ1n) is 4.96. The average Bonchev–Trinajstić information content (AvgIpc) is 2.99. The Labute approximate surface area is 111 Å². The molecule has 0 aromatic carbocycles. The lowest BCUT2D eigenvalue weighted by atomic mass is 10.3. The second-order valence-corrected chi connectivity index (χ2v) is 5.16. The molecule has 0 bridgehead atoms. The largest absolute Gasteiger partial charge is 0.489 e. The maximum Gasteiger partial charge on any atom is 0.405 e. The van der Waals surface area contributed by atoms with Gasteiger partial charge >= 0.3 is 6.09 Å². The normalized spacial score (nSPS) is 16.4. The van der Waals surface area contributed by atoms with Crippen molar-refractivity contribution in [1.82, 2.24) is 10.3 Å². The Balaban J connectivity index is 1.94. The zero-order valence-electron chi connectivity index (χ0n) is 8.74. The highest BCUT2D eigenvalue weighted by atomic mass is 79.9. The number of amides is 1. The van der Waals surface area contributed by atoms with Crippen LogP contribution in [0.25, 0.3) is 0 Å². The van der Waals surface area contributed by atoms with Crippen molar-refractivity contribution >= 4 is 33.6 Å². The molecule has 2 N–H and O–H groups in total. The van der Waals surface area contributed by atoms with E-state index in [1.54, 1.807) is 6.07 Å². The van der Waals surface area contributed by atoms with Crippen LogP contribution in [0.5, 0.6) is 5.75 Å². The number of hydrogen-bond donors (Lipinski definition) is 2. The summed E-state index contributed by atoms with van der Waals surface area (Å²) in [7, 11) is 0. The van der Waals surface area contributed by atoms with Gasteiger partial charge in [0.05, 0.1) is 16.2 Å². The summed E-state index contributed by atoms with van der Waals surface area (Å²) >= 11 is 8.99. The third-order valence-electron chi connectivity index (χ3n) is 2.51. The van der Waals surface area contributed by atoms with Gasteiger partial charge in [-0.2, -0.15) is 0 Å². The number of carboxylic acid groups (broad SMARTS) is 1. The molecule has 1 saturated carbocycles. The van der Waals surface area contributed by atoms with E-state index in [0.29, 0.717) is 22.0 Å². The first kappa shape index (κ1) is 12.4. The van der Waals surface area contributed by atoms with E-state index >= 15 is 0 Å². The van der Waals surface area contributed by atoms with Crippen molar-refractivity contribution in [2.75, 3.05) is 6.61 Å². The van der Waals surface area contributed by atoms with Gasteiger partial charge < -0.3 is 15.2 Å². The molecule has 1 amide bonds. The smallest absolute Gasteiger partial charge is 0.405 e. The fourth-order valence-corrected chi connectivity index (χ4v) is 1.82. The Morgan fingerprint density at radius 1 is 1.71 bits per heavy atom. The molecule has 0 aliphatic heterocycles. The monoisotopic (exact) mass is 320 g/mol. The third kappa shape index (κ3) is 3.23. The number of carbonyl (C=O) groups is 1. The van der Waals surface area contributed by atoms with Crippen molar-refractivity contribution in [3.8, 4) is 5.75 Å². The Hall–Kier alpha value is -1.01. The molecule has 1 heterocycles. The molecule has 0 spiro atoms. The summed E-state index contributed by atoms with van der Waals surface area (Å²) in [6.07, 6.45) is 2.06. The Kier molecular flexibility index (Phi) is 3.44. The summed E-state index contributed by atoms with van der Waals surface area (Å²) in [6, 6.07) is 1.70. The van der Waals surface area contributed by atoms with Crippen LogP contribution < -0.4 is 10.1 Å². The number of ether oxygens (including phenoxy) is 1. The van der Waals surface area contributed by atoms with E-state index in [1.807, 2.05) is 0 Å². The second kappa shape index (κ2) is 4.70. The molecular formula is C10H10BrClN2O3. The van der Waals surface area contributed by atoms with Crippen LogP contribution in [-0.2, 0) is 0 Å². The van der Waals surface area contributed by atoms with Crippen LogP contribution >= 0.6 is 27.5 Å². The highest BCUT2D eigenvalue weighted by molar-refractivity contribution is 9.10. The predicted molar refractivity (Wildman–Crippen MR) is 65.6 cm³/mol. The summed E-state index contributed by atoms with van der Waals surface area (Å²) in [5, 5.41) is 11.5. The number of rotatable bonds is 4. The van der Waals surface area contributed by atoms with Gasteiger partial charge in [-0.05, 0) is 34.8 Å². The SMILES string of the molecule is O=C(O)NC1(COc2cnc(Cl)c(Br)c2)CC1. The number of hydrogen-bond acceptors (Lipinski definition) is 3. The van der Waals surface area contributed by atoms with Gasteiger partial charge in [-0.25, -0.2) is 9.78 Å². The van der Waals surface area contributed by atoms with Crippen LogP contribution in [0.2, 0.25) is 5.15 Å². The van der Waals surface area contributed by atoms with E-state index in [9.17, 15) is 4.79 Å². The van der Waals surface area contributed by atoms with Crippen LogP contribution in [0.3, 0.4) is 0 Å². The molecule has 5 nitrogen and oxygen atoms in total. The van der Waals surface area contributed by atoms with E-state index in [2.05, 4.69) is 26.2 Å². The molecule has 1 aromatic rings. The number of halogens is 2. The van der Waals surface area contributed by atoms with Gasteiger partial charge in [-0.15, -0.1) is 0 Å². The summed E-state index contributed by atoms with van der Waals surface area (Å²) in [5.41, 5.74) is -0.433. The van der Waals surface area contributed by atoms with Crippen LogP contribution in [-0.4, -0.2) is 28.3 Å². The molecule has 2 rings (SSSR count). The molecule has 17 heavy (non-hydrogen) atoms. The van der Waals surface area contributed by atoms with Crippen LogP contribution in [0.1, 0.15) is 12.8 Å². The molecule has 0 unspecified atom stereocenters. The Morgan fingerprint density at radius 3 is 2.94 bits per heavy atom. The lowest BCUT2D eigenvalue weighted by molar-refractivity contribution is 0.177. The van der Waals surface area contributed by atoms with Crippen molar-refractivity contribution in [1.29, 1.82) is 0 Å². The molecule has 92 valence electrons. The van der Waals surface area contributed by atoms with Gasteiger partial charge in [0, 0.05) is 0 Å². The van der Waals surface area contributed by atoms with Crippen molar-refractivity contribution in [2.45, 2.75) is 18.4 Å². The van der Waals surface area contributed by atoms with Gasteiger partial charge in [-0.1, -0.05) is 11.6 Å². The topological polar surface area (TPSA) is 71.5 Å². The molecule has 0 saturated heterocycles. The molecule has 1 aromatic heterocycles.